The number of amides is 1. The third kappa shape index (κ3) is 4.52. The van der Waals surface area contributed by atoms with E-state index in [0.29, 0.717) is 24.3 Å². The number of carbonyl (C=O) groups excluding carboxylic acids is 1. The fourth-order valence-corrected chi connectivity index (χ4v) is 2.37. The highest BCUT2D eigenvalue weighted by atomic mass is 16.1. The number of rotatable bonds is 5. The van der Waals surface area contributed by atoms with Crippen molar-refractivity contribution in [1.82, 2.24) is 5.32 Å². The monoisotopic (exact) mass is 226 g/mol. The standard InChI is InChI=1S/C13H26N2O/c1-3-10(2)15-13(16)8-11-4-6-12(9-14)7-5-11/h10-12H,3-9,14H2,1-2H3,(H,15,16). The summed E-state index contributed by atoms with van der Waals surface area (Å²) in [5, 5.41) is 3.04. The maximum Gasteiger partial charge on any atom is 0.220 e. The zero-order chi connectivity index (χ0) is 12.0. The minimum atomic E-state index is 0.227. The van der Waals surface area contributed by atoms with Gasteiger partial charge in [0.2, 0.25) is 5.91 Å². The van der Waals surface area contributed by atoms with Crippen molar-refractivity contribution < 1.29 is 4.79 Å². The lowest BCUT2D eigenvalue weighted by Gasteiger charge is -2.27. The number of nitrogens with two attached hydrogens (primary N) is 1. The van der Waals surface area contributed by atoms with Crippen molar-refractivity contribution in [2.75, 3.05) is 6.54 Å². The number of nitrogens with one attached hydrogen (secondary N) is 1. The van der Waals surface area contributed by atoms with Crippen LogP contribution >= 0.6 is 0 Å². The van der Waals surface area contributed by atoms with Crippen molar-refractivity contribution in [2.45, 2.75) is 58.4 Å². The molecule has 0 aromatic carbocycles. The van der Waals surface area contributed by atoms with E-state index in [1.165, 1.54) is 25.7 Å². The largest absolute Gasteiger partial charge is 0.354 e. The number of carbonyl (C=O) groups is 1. The molecule has 0 bridgehead atoms. The van der Waals surface area contributed by atoms with Gasteiger partial charge < -0.3 is 11.1 Å². The summed E-state index contributed by atoms with van der Waals surface area (Å²) in [6.45, 7) is 4.96. The smallest absolute Gasteiger partial charge is 0.220 e. The Kier molecular flexibility index (Phi) is 5.81. The summed E-state index contributed by atoms with van der Waals surface area (Å²) >= 11 is 0. The molecule has 0 spiro atoms. The van der Waals surface area contributed by atoms with E-state index in [4.69, 9.17) is 5.73 Å². The molecule has 1 aliphatic rings. The predicted molar refractivity (Wildman–Crippen MR) is 67.0 cm³/mol. The van der Waals surface area contributed by atoms with Crippen molar-refractivity contribution in [1.29, 1.82) is 0 Å². The van der Waals surface area contributed by atoms with Gasteiger partial charge in [-0.2, -0.15) is 0 Å². The van der Waals surface area contributed by atoms with Crippen LogP contribution in [0.3, 0.4) is 0 Å². The Morgan fingerprint density at radius 3 is 2.38 bits per heavy atom. The first-order chi connectivity index (χ1) is 7.65. The highest BCUT2D eigenvalue weighted by Gasteiger charge is 2.22. The molecule has 1 fully saturated rings. The molecule has 1 aliphatic carbocycles. The molecule has 16 heavy (non-hydrogen) atoms. The molecule has 0 aromatic rings. The summed E-state index contributed by atoms with van der Waals surface area (Å²) in [5.74, 6) is 1.52. The van der Waals surface area contributed by atoms with E-state index in [2.05, 4.69) is 19.2 Å². The van der Waals surface area contributed by atoms with Gasteiger partial charge in [0.25, 0.3) is 0 Å². The molecule has 0 radical (unpaired) electrons. The molecular formula is C13H26N2O. The molecule has 1 atom stereocenters. The van der Waals surface area contributed by atoms with E-state index in [9.17, 15) is 4.79 Å². The lowest BCUT2D eigenvalue weighted by Crippen LogP contribution is -2.34. The quantitative estimate of drug-likeness (QED) is 0.754. The normalized spacial score (nSPS) is 27.4. The Balaban J connectivity index is 2.20. The second kappa shape index (κ2) is 6.89. The molecule has 3 nitrogen and oxygen atoms in total. The van der Waals surface area contributed by atoms with Gasteiger partial charge >= 0.3 is 0 Å². The van der Waals surface area contributed by atoms with Gasteiger partial charge in [-0.1, -0.05) is 6.92 Å². The maximum atomic E-state index is 11.7. The highest BCUT2D eigenvalue weighted by molar-refractivity contribution is 5.76. The van der Waals surface area contributed by atoms with Crippen LogP contribution in [0.5, 0.6) is 0 Å². The van der Waals surface area contributed by atoms with Crippen molar-refractivity contribution in [2.24, 2.45) is 17.6 Å². The summed E-state index contributed by atoms with van der Waals surface area (Å²) in [7, 11) is 0. The molecule has 1 rings (SSSR count). The zero-order valence-corrected chi connectivity index (χ0v) is 10.7. The molecule has 94 valence electrons. The topological polar surface area (TPSA) is 55.1 Å². The molecule has 0 heterocycles. The lowest BCUT2D eigenvalue weighted by atomic mass is 9.80. The third-order valence-corrected chi connectivity index (χ3v) is 3.79. The lowest BCUT2D eigenvalue weighted by molar-refractivity contribution is -0.122. The van der Waals surface area contributed by atoms with Crippen LogP contribution < -0.4 is 11.1 Å². The van der Waals surface area contributed by atoms with E-state index >= 15 is 0 Å². The number of hydrogen-bond donors (Lipinski definition) is 2. The van der Waals surface area contributed by atoms with Gasteiger partial charge in [-0.15, -0.1) is 0 Å². The van der Waals surface area contributed by atoms with Gasteiger partial charge in [0.15, 0.2) is 0 Å². The van der Waals surface area contributed by atoms with Crippen LogP contribution in [0.4, 0.5) is 0 Å². The molecule has 0 saturated heterocycles. The summed E-state index contributed by atoms with van der Waals surface area (Å²) in [6.07, 6.45) is 6.48. The van der Waals surface area contributed by atoms with Gasteiger partial charge in [0.1, 0.15) is 0 Å². The van der Waals surface area contributed by atoms with Gasteiger partial charge in [0.05, 0.1) is 0 Å². The Morgan fingerprint density at radius 2 is 1.88 bits per heavy atom. The molecular weight excluding hydrogens is 200 g/mol. The van der Waals surface area contributed by atoms with Gasteiger partial charge in [0, 0.05) is 12.5 Å². The van der Waals surface area contributed by atoms with Crippen molar-refractivity contribution in [3.05, 3.63) is 0 Å². The second-order valence-electron chi connectivity index (χ2n) is 5.20. The number of hydrogen-bond acceptors (Lipinski definition) is 2. The van der Waals surface area contributed by atoms with Crippen LogP contribution in [0.2, 0.25) is 0 Å². The van der Waals surface area contributed by atoms with Crippen LogP contribution in [0.1, 0.15) is 52.4 Å². The molecule has 0 aromatic heterocycles. The van der Waals surface area contributed by atoms with Crippen LogP contribution in [0.15, 0.2) is 0 Å². The second-order valence-corrected chi connectivity index (χ2v) is 5.20. The average molecular weight is 226 g/mol. The summed E-state index contributed by atoms with van der Waals surface area (Å²) in [6, 6.07) is 0.313. The maximum absolute atomic E-state index is 11.7. The Bertz CT molecular complexity index is 210. The van der Waals surface area contributed by atoms with Crippen LogP contribution in [-0.4, -0.2) is 18.5 Å². The highest BCUT2D eigenvalue weighted by Crippen LogP contribution is 2.30. The average Bonchev–Trinajstić information content (AvgIpc) is 2.29. The Labute approximate surface area is 99.2 Å². The molecule has 3 N–H and O–H groups in total. The first-order valence-electron chi connectivity index (χ1n) is 6.65. The molecule has 1 unspecified atom stereocenters. The van der Waals surface area contributed by atoms with Gasteiger partial charge in [-0.05, 0) is 57.4 Å². The van der Waals surface area contributed by atoms with E-state index < -0.39 is 0 Å². The minimum absolute atomic E-state index is 0.227. The third-order valence-electron chi connectivity index (χ3n) is 3.79. The first kappa shape index (κ1) is 13.5. The summed E-state index contributed by atoms with van der Waals surface area (Å²) < 4.78 is 0. The van der Waals surface area contributed by atoms with E-state index in [1.54, 1.807) is 0 Å². The summed E-state index contributed by atoms with van der Waals surface area (Å²) in [5.41, 5.74) is 5.65. The predicted octanol–water partition coefficient (Wildman–Crippen LogP) is 2.06. The van der Waals surface area contributed by atoms with E-state index in [-0.39, 0.29) is 5.91 Å². The van der Waals surface area contributed by atoms with E-state index in [0.717, 1.165) is 13.0 Å². The molecule has 3 heteroatoms. The Morgan fingerprint density at radius 1 is 1.31 bits per heavy atom. The molecule has 0 aliphatic heterocycles. The SMILES string of the molecule is CCC(C)NC(=O)CC1CCC(CN)CC1. The van der Waals surface area contributed by atoms with Crippen LogP contribution in [0.25, 0.3) is 0 Å². The minimum Gasteiger partial charge on any atom is -0.354 e. The molecule has 1 amide bonds. The first-order valence-corrected chi connectivity index (χ1v) is 6.65. The fourth-order valence-electron chi connectivity index (χ4n) is 2.37. The van der Waals surface area contributed by atoms with Crippen molar-refractivity contribution >= 4 is 5.91 Å². The zero-order valence-electron chi connectivity index (χ0n) is 10.7. The van der Waals surface area contributed by atoms with Crippen LogP contribution in [0, 0.1) is 11.8 Å². The van der Waals surface area contributed by atoms with Gasteiger partial charge in [-0.25, -0.2) is 0 Å². The van der Waals surface area contributed by atoms with Crippen molar-refractivity contribution in [3.8, 4) is 0 Å². The molecule has 1 saturated carbocycles. The summed E-state index contributed by atoms with van der Waals surface area (Å²) in [4.78, 5) is 11.7. The Hall–Kier alpha value is -0.570. The van der Waals surface area contributed by atoms with Crippen LogP contribution in [-0.2, 0) is 4.79 Å². The van der Waals surface area contributed by atoms with Crippen molar-refractivity contribution in [3.63, 3.8) is 0 Å². The fraction of sp³-hybridized carbons (Fsp3) is 0.923. The van der Waals surface area contributed by atoms with Gasteiger partial charge in [-0.3, -0.25) is 4.79 Å². The van der Waals surface area contributed by atoms with E-state index in [1.807, 2.05) is 0 Å².